The Morgan fingerprint density at radius 1 is 1.42 bits per heavy atom. The van der Waals surface area contributed by atoms with E-state index in [0.717, 1.165) is 41.7 Å². The van der Waals surface area contributed by atoms with Gasteiger partial charge in [-0.05, 0) is 43.0 Å². The van der Waals surface area contributed by atoms with Crippen LogP contribution in [0.5, 0.6) is 0 Å². The maximum atomic E-state index is 11.8. The third-order valence-corrected chi connectivity index (χ3v) is 4.85. The molecule has 1 atom stereocenters. The van der Waals surface area contributed by atoms with E-state index in [4.69, 9.17) is 5.73 Å². The number of fused-ring (bicyclic) bond motifs is 1. The van der Waals surface area contributed by atoms with Gasteiger partial charge < -0.3 is 16.0 Å². The number of aromatic nitrogens is 3. The molecule has 1 amide bonds. The quantitative estimate of drug-likeness (QED) is 0.690. The number of hydrogen-bond acceptors (Lipinski definition) is 3. The van der Waals surface area contributed by atoms with Gasteiger partial charge in [-0.3, -0.25) is 9.48 Å². The van der Waals surface area contributed by atoms with Crippen LogP contribution in [-0.2, 0) is 7.05 Å². The van der Waals surface area contributed by atoms with Crippen LogP contribution in [0.25, 0.3) is 22.2 Å². The van der Waals surface area contributed by atoms with Crippen LogP contribution in [0.4, 0.5) is 0 Å². The molecule has 0 radical (unpaired) electrons. The summed E-state index contributed by atoms with van der Waals surface area (Å²) >= 11 is 0. The van der Waals surface area contributed by atoms with Gasteiger partial charge in [0.15, 0.2) is 0 Å². The zero-order valence-corrected chi connectivity index (χ0v) is 13.7. The van der Waals surface area contributed by atoms with E-state index in [0.29, 0.717) is 11.5 Å². The second-order valence-corrected chi connectivity index (χ2v) is 6.48. The van der Waals surface area contributed by atoms with E-state index < -0.39 is 5.91 Å². The predicted molar refractivity (Wildman–Crippen MR) is 93.9 cm³/mol. The van der Waals surface area contributed by atoms with Crippen molar-refractivity contribution in [3.8, 4) is 11.3 Å². The zero-order chi connectivity index (χ0) is 16.7. The third-order valence-electron chi connectivity index (χ3n) is 4.85. The first-order valence-corrected chi connectivity index (χ1v) is 8.28. The number of amides is 1. The highest BCUT2D eigenvalue weighted by Gasteiger charge is 2.21. The molecule has 24 heavy (non-hydrogen) atoms. The summed E-state index contributed by atoms with van der Waals surface area (Å²) in [6.45, 7) is 2.05. The lowest BCUT2D eigenvalue weighted by Gasteiger charge is -2.24. The first-order chi connectivity index (χ1) is 11.6. The molecular formula is C18H21N5O. The van der Waals surface area contributed by atoms with Gasteiger partial charge >= 0.3 is 0 Å². The molecule has 0 aliphatic carbocycles. The summed E-state index contributed by atoms with van der Waals surface area (Å²) in [7, 11) is 1.89. The number of carbonyl (C=O) groups excluding carboxylic acids is 1. The smallest absolute Gasteiger partial charge is 0.250 e. The molecule has 1 aliphatic rings. The molecule has 1 unspecified atom stereocenters. The van der Waals surface area contributed by atoms with E-state index in [1.807, 2.05) is 25.5 Å². The minimum absolute atomic E-state index is 0.409. The summed E-state index contributed by atoms with van der Waals surface area (Å²) in [6, 6.07) is 6.02. The first-order valence-electron chi connectivity index (χ1n) is 8.28. The number of aromatic amines is 1. The van der Waals surface area contributed by atoms with Crippen LogP contribution in [0.3, 0.4) is 0 Å². The van der Waals surface area contributed by atoms with Crippen molar-refractivity contribution in [3.63, 3.8) is 0 Å². The molecule has 1 saturated heterocycles. The van der Waals surface area contributed by atoms with Crippen LogP contribution in [0.15, 0.2) is 30.6 Å². The van der Waals surface area contributed by atoms with Crippen molar-refractivity contribution in [1.82, 2.24) is 20.1 Å². The number of nitrogens with zero attached hydrogens (tertiary/aromatic N) is 2. The number of nitrogens with two attached hydrogens (primary N) is 1. The van der Waals surface area contributed by atoms with Gasteiger partial charge in [-0.2, -0.15) is 5.10 Å². The van der Waals surface area contributed by atoms with E-state index in [1.165, 1.54) is 12.0 Å². The fraction of sp³-hybridized carbons (Fsp3) is 0.333. The maximum Gasteiger partial charge on any atom is 0.250 e. The average Bonchev–Trinajstić information content (AvgIpc) is 3.20. The van der Waals surface area contributed by atoms with E-state index in [9.17, 15) is 4.79 Å². The van der Waals surface area contributed by atoms with Gasteiger partial charge in [0, 0.05) is 36.4 Å². The largest absolute Gasteiger partial charge is 0.366 e. The van der Waals surface area contributed by atoms with Crippen LogP contribution in [0, 0.1) is 0 Å². The van der Waals surface area contributed by atoms with E-state index in [-0.39, 0.29) is 0 Å². The molecular weight excluding hydrogens is 302 g/mol. The van der Waals surface area contributed by atoms with Crippen molar-refractivity contribution < 1.29 is 4.79 Å². The normalized spacial score (nSPS) is 18.1. The predicted octanol–water partition coefficient (Wildman–Crippen LogP) is 2.13. The number of piperidine rings is 1. The van der Waals surface area contributed by atoms with Crippen LogP contribution < -0.4 is 11.1 Å². The molecule has 3 heterocycles. The SMILES string of the molecule is Cn1cc(-c2cc3c(C4CCCNC4)ccc(C(N)=O)c3[nH]2)cn1. The van der Waals surface area contributed by atoms with Gasteiger partial charge in [-0.15, -0.1) is 0 Å². The van der Waals surface area contributed by atoms with Gasteiger partial charge in [0.05, 0.1) is 17.3 Å². The van der Waals surface area contributed by atoms with Gasteiger partial charge in [0.25, 0.3) is 5.91 Å². The Balaban J connectivity index is 1.89. The fourth-order valence-electron chi connectivity index (χ4n) is 3.64. The third kappa shape index (κ3) is 2.49. The Bertz CT molecular complexity index is 901. The number of hydrogen-bond donors (Lipinski definition) is 3. The number of aryl methyl sites for hydroxylation is 1. The molecule has 124 valence electrons. The molecule has 2 aromatic heterocycles. The average molecular weight is 323 g/mol. The van der Waals surface area contributed by atoms with Gasteiger partial charge in [0.2, 0.25) is 0 Å². The molecule has 1 fully saturated rings. The Kier molecular flexibility index (Phi) is 3.61. The van der Waals surface area contributed by atoms with Gasteiger partial charge in [0.1, 0.15) is 0 Å². The Labute approximate surface area is 140 Å². The molecule has 4 rings (SSSR count). The minimum atomic E-state index is -0.409. The summed E-state index contributed by atoms with van der Waals surface area (Å²) in [5, 5.41) is 8.77. The van der Waals surface area contributed by atoms with Crippen molar-refractivity contribution in [2.24, 2.45) is 12.8 Å². The molecule has 1 aliphatic heterocycles. The summed E-state index contributed by atoms with van der Waals surface area (Å²) in [4.78, 5) is 15.2. The number of rotatable bonds is 3. The van der Waals surface area contributed by atoms with Crippen LogP contribution in [-0.4, -0.2) is 33.8 Å². The summed E-state index contributed by atoms with van der Waals surface area (Å²) in [5.74, 6) is 0.0497. The Morgan fingerprint density at radius 2 is 2.29 bits per heavy atom. The number of benzene rings is 1. The molecule has 1 aromatic carbocycles. The highest BCUT2D eigenvalue weighted by molar-refractivity contribution is 6.07. The van der Waals surface area contributed by atoms with Gasteiger partial charge in [-0.1, -0.05) is 6.07 Å². The lowest BCUT2D eigenvalue weighted by molar-refractivity contribution is 0.100. The Hall–Kier alpha value is -2.60. The number of primary amides is 1. The van der Waals surface area contributed by atoms with E-state index >= 15 is 0 Å². The monoisotopic (exact) mass is 323 g/mol. The molecule has 4 N–H and O–H groups in total. The van der Waals surface area contributed by atoms with Crippen molar-refractivity contribution in [2.45, 2.75) is 18.8 Å². The van der Waals surface area contributed by atoms with E-state index in [1.54, 1.807) is 4.68 Å². The number of nitrogens with one attached hydrogen (secondary N) is 2. The Morgan fingerprint density at radius 3 is 2.96 bits per heavy atom. The summed E-state index contributed by atoms with van der Waals surface area (Å²) in [6.07, 6.45) is 6.10. The highest BCUT2D eigenvalue weighted by atomic mass is 16.1. The zero-order valence-electron chi connectivity index (χ0n) is 13.7. The minimum Gasteiger partial charge on any atom is -0.366 e. The van der Waals surface area contributed by atoms with Crippen molar-refractivity contribution in [3.05, 3.63) is 41.7 Å². The summed E-state index contributed by atoms with van der Waals surface area (Å²) in [5.41, 5.74) is 10.2. The van der Waals surface area contributed by atoms with Crippen molar-refractivity contribution in [1.29, 1.82) is 0 Å². The topological polar surface area (TPSA) is 88.7 Å². The molecule has 6 heteroatoms. The van der Waals surface area contributed by atoms with Crippen LogP contribution in [0.1, 0.15) is 34.7 Å². The molecule has 6 nitrogen and oxygen atoms in total. The molecule has 0 bridgehead atoms. The lowest BCUT2D eigenvalue weighted by atomic mass is 9.88. The fourth-order valence-corrected chi connectivity index (χ4v) is 3.64. The lowest BCUT2D eigenvalue weighted by Crippen LogP contribution is -2.28. The van der Waals surface area contributed by atoms with Crippen molar-refractivity contribution in [2.75, 3.05) is 13.1 Å². The number of carbonyl (C=O) groups is 1. The van der Waals surface area contributed by atoms with E-state index in [2.05, 4.69) is 27.5 Å². The van der Waals surface area contributed by atoms with Crippen LogP contribution >= 0.6 is 0 Å². The molecule has 0 saturated carbocycles. The number of H-pyrrole nitrogens is 1. The second kappa shape index (κ2) is 5.79. The first kappa shape index (κ1) is 15.0. The molecule has 0 spiro atoms. The van der Waals surface area contributed by atoms with Gasteiger partial charge in [-0.25, -0.2) is 0 Å². The highest BCUT2D eigenvalue weighted by Crippen LogP contribution is 2.34. The maximum absolute atomic E-state index is 11.8. The standard InChI is InChI=1S/C18H21N5O/c1-23-10-12(9-21-23)16-7-15-13(11-3-2-6-20-8-11)4-5-14(18(19)24)17(15)22-16/h4-5,7,9-11,20,22H,2-3,6,8H2,1H3,(H2,19,24). The molecule has 3 aromatic rings. The summed E-state index contributed by atoms with van der Waals surface area (Å²) < 4.78 is 1.77. The van der Waals surface area contributed by atoms with Crippen molar-refractivity contribution >= 4 is 16.8 Å². The van der Waals surface area contributed by atoms with Crippen LogP contribution in [0.2, 0.25) is 0 Å². The second-order valence-electron chi connectivity index (χ2n) is 6.48.